The number of phenolic OH excluding ortho intramolecular Hbond substituents is 1. The lowest BCUT2D eigenvalue weighted by Crippen LogP contribution is -2.34. The standard InChI is InChI=1S/C23H24N2O4/c1-14-5-7-17(10-15(14)2)25-23-20(22(27)24-13-19-4-3-9-28-19)11-16-6-8-18(26)12-21(16)29-23/h5-8,10-12,19,26H,3-4,9,13H2,1-2H3,(H,24,27). The van der Waals surface area contributed by atoms with Crippen molar-refractivity contribution >= 4 is 22.6 Å². The zero-order valence-corrected chi connectivity index (χ0v) is 16.6. The monoisotopic (exact) mass is 392 g/mol. The van der Waals surface area contributed by atoms with Crippen molar-refractivity contribution in [2.45, 2.75) is 32.8 Å². The highest BCUT2D eigenvalue weighted by molar-refractivity contribution is 5.96. The maximum absolute atomic E-state index is 12.9. The molecule has 0 aliphatic carbocycles. The molecule has 3 aromatic rings. The van der Waals surface area contributed by atoms with Crippen LogP contribution in [0.2, 0.25) is 0 Å². The van der Waals surface area contributed by atoms with Gasteiger partial charge in [-0.3, -0.25) is 4.79 Å². The van der Waals surface area contributed by atoms with Crippen LogP contribution in [-0.4, -0.2) is 30.3 Å². The maximum Gasteiger partial charge on any atom is 0.256 e. The molecule has 0 spiro atoms. The van der Waals surface area contributed by atoms with Crippen molar-refractivity contribution in [1.29, 1.82) is 0 Å². The summed E-state index contributed by atoms with van der Waals surface area (Å²) in [5.41, 5.74) is 3.98. The average molecular weight is 392 g/mol. The summed E-state index contributed by atoms with van der Waals surface area (Å²) < 4.78 is 11.5. The largest absolute Gasteiger partial charge is 0.508 e. The van der Waals surface area contributed by atoms with Gasteiger partial charge in [0.25, 0.3) is 5.91 Å². The van der Waals surface area contributed by atoms with E-state index in [2.05, 4.69) is 10.3 Å². The van der Waals surface area contributed by atoms with Crippen LogP contribution in [0, 0.1) is 13.8 Å². The number of ether oxygens (including phenoxy) is 1. The summed E-state index contributed by atoms with van der Waals surface area (Å²) in [5, 5.41) is 13.4. The molecule has 1 aliphatic rings. The summed E-state index contributed by atoms with van der Waals surface area (Å²) in [5.74, 6) is -0.171. The van der Waals surface area contributed by atoms with E-state index >= 15 is 0 Å². The number of phenols is 1. The molecule has 1 aliphatic heterocycles. The zero-order valence-electron chi connectivity index (χ0n) is 16.6. The molecule has 1 saturated heterocycles. The molecule has 2 aromatic carbocycles. The molecule has 1 atom stereocenters. The molecule has 4 rings (SSSR count). The number of nitrogens with one attached hydrogen (secondary N) is 1. The third kappa shape index (κ3) is 4.32. The predicted octanol–water partition coefficient (Wildman–Crippen LogP) is 3.90. The lowest BCUT2D eigenvalue weighted by Gasteiger charge is -2.11. The Morgan fingerprint density at radius 1 is 1.17 bits per heavy atom. The molecule has 29 heavy (non-hydrogen) atoms. The Bertz CT molecular complexity index is 1130. The van der Waals surface area contributed by atoms with Crippen LogP contribution in [0.25, 0.3) is 11.0 Å². The van der Waals surface area contributed by atoms with Crippen molar-refractivity contribution in [3.8, 4) is 5.75 Å². The van der Waals surface area contributed by atoms with Gasteiger partial charge in [0.2, 0.25) is 5.55 Å². The molecule has 1 unspecified atom stereocenters. The number of benzene rings is 2. The third-order valence-electron chi connectivity index (χ3n) is 5.21. The Morgan fingerprint density at radius 2 is 2.03 bits per heavy atom. The molecule has 1 amide bonds. The first kappa shape index (κ1) is 19.2. The van der Waals surface area contributed by atoms with Crippen molar-refractivity contribution in [3.63, 3.8) is 0 Å². The Morgan fingerprint density at radius 3 is 2.79 bits per heavy atom. The van der Waals surface area contributed by atoms with Gasteiger partial charge >= 0.3 is 0 Å². The van der Waals surface area contributed by atoms with E-state index in [0.29, 0.717) is 28.8 Å². The van der Waals surface area contributed by atoms with Gasteiger partial charge in [-0.2, -0.15) is 0 Å². The Balaban J connectivity index is 1.76. The van der Waals surface area contributed by atoms with Crippen LogP contribution in [0.15, 0.2) is 51.9 Å². The van der Waals surface area contributed by atoms with Gasteiger partial charge in [-0.15, -0.1) is 0 Å². The van der Waals surface area contributed by atoms with Crippen LogP contribution in [0.3, 0.4) is 0 Å². The van der Waals surface area contributed by atoms with Crippen LogP contribution >= 0.6 is 0 Å². The van der Waals surface area contributed by atoms with Gasteiger partial charge in [-0.05, 0) is 68.1 Å². The first-order valence-electron chi connectivity index (χ1n) is 9.78. The zero-order chi connectivity index (χ0) is 20.4. The lowest BCUT2D eigenvalue weighted by molar-refractivity contribution is 0.0854. The van der Waals surface area contributed by atoms with E-state index in [4.69, 9.17) is 9.15 Å². The number of hydrogen-bond acceptors (Lipinski definition) is 5. The highest BCUT2D eigenvalue weighted by Gasteiger charge is 2.18. The smallest absolute Gasteiger partial charge is 0.256 e. The van der Waals surface area contributed by atoms with Gasteiger partial charge < -0.3 is 19.6 Å². The molecule has 0 radical (unpaired) electrons. The van der Waals surface area contributed by atoms with Crippen molar-refractivity contribution in [2.24, 2.45) is 4.99 Å². The van der Waals surface area contributed by atoms with Gasteiger partial charge in [0.05, 0.1) is 11.8 Å². The number of amides is 1. The average Bonchev–Trinajstić information content (AvgIpc) is 3.22. The molecule has 6 nitrogen and oxygen atoms in total. The number of rotatable bonds is 4. The van der Waals surface area contributed by atoms with Crippen molar-refractivity contribution in [3.05, 3.63) is 64.7 Å². The van der Waals surface area contributed by atoms with Crippen molar-refractivity contribution < 1.29 is 19.1 Å². The number of aromatic hydroxyl groups is 1. The number of hydrogen-bond donors (Lipinski definition) is 2. The second-order valence-electron chi connectivity index (χ2n) is 7.41. The van der Waals surface area contributed by atoms with Gasteiger partial charge in [0, 0.05) is 24.6 Å². The summed E-state index contributed by atoms with van der Waals surface area (Å²) in [6.45, 7) is 5.24. The van der Waals surface area contributed by atoms with Gasteiger partial charge in [-0.1, -0.05) is 6.07 Å². The maximum atomic E-state index is 12.9. The second kappa shape index (κ2) is 8.09. The molecular weight excluding hydrogens is 368 g/mol. The SMILES string of the molecule is Cc1ccc(N=c2oc3cc(O)ccc3cc2C(=O)NCC2CCCO2)cc1C. The summed E-state index contributed by atoms with van der Waals surface area (Å²) in [7, 11) is 0. The third-order valence-corrected chi connectivity index (χ3v) is 5.21. The first-order chi connectivity index (χ1) is 14.0. The minimum absolute atomic E-state index is 0.0495. The molecule has 1 aromatic heterocycles. The molecule has 1 fully saturated rings. The molecule has 150 valence electrons. The van der Waals surface area contributed by atoms with Crippen LogP contribution in [-0.2, 0) is 4.74 Å². The summed E-state index contributed by atoms with van der Waals surface area (Å²) in [4.78, 5) is 17.5. The fourth-order valence-electron chi connectivity index (χ4n) is 3.37. The predicted molar refractivity (Wildman–Crippen MR) is 110 cm³/mol. The van der Waals surface area contributed by atoms with E-state index < -0.39 is 0 Å². The van der Waals surface area contributed by atoms with E-state index in [1.165, 1.54) is 11.6 Å². The quantitative estimate of drug-likeness (QED) is 0.705. The number of carbonyl (C=O) groups is 1. The van der Waals surface area contributed by atoms with Crippen molar-refractivity contribution in [1.82, 2.24) is 5.32 Å². The molecule has 0 saturated carbocycles. The number of aryl methyl sites for hydroxylation is 2. The van der Waals surface area contributed by atoms with E-state index in [1.54, 1.807) is 18.2 Å². The van der Waals surface area contributed by atoms with Crippen LogP contribution in [0.5, 0.6) is 5.75 Å². The molecule has 2 N–H and O–H groups in total. The Hall–Kier alpha value is -3.12. The van der Waals surface area contributed by atoms with Gasteiger partial charge in [0.15, 0.2) is 0 Å². The van der Waals surface area contributed by atoms with Crippen LogP contribution < -0.4 is 10.9 Å². The van der Waals surface area contributed by atoms with Gasteiger partial charge in [-0.25, -0.2) is 4.99 Å². The summed E-state index contributed by atoms with van der Waals surface area (Å²) in [6, 6.07) is 12.4. The number of nitrogens with zero attached hydrogens (tertiary/aromatic N) is 1. The Labute approximate surface area is 168 Å². The number of carbonyl (C=O) groups excluding carboxylic acids is 1. The second-order valence-corrected chi connectivity index (χ2v) is 7.41. The van der Waals surface area contributed by atoms with E-state index in [0.717, 1.165) is 25.0 Å². The highest BCUT2D eigenvalue weighted by Crippen LogP contribution is 2.21. The minimum Gasteiger partial charge on any atom is -0.508 e. The summed E-state index contributed by atoms with van der Waals surface area (Å²) >= 11 is 0. The molecule has 6 heteroatoms. The van der Waals surface area contributed by atoms with Crippen LogP contribution in [0.4, 0.5) is 5.69 Å². The number of fused-ring (bicyclic) bond motifs is 1. The summed E-state index contributed by atoms with van der Waals surface area (Å²) in [6.07, 6.45) is 2.01. The molecular formula is C23H24N2O4. The lowest BCUT2D eigenvalue weighted by atomic mass is 10.1. The van der Waals surface area contributed by atoms with E-state index in [1.807, 2.05) is 32.0 Å². The highest BCUT2D eigenvalue weighted by atomic mass is 16.5. The van der Waals surface area contributed by atoms with E-state index in [-0.39, 0.29) is 23.3 Å². The topological polar surface area (TPSA) is 84.1 Å². The van der Waals surface area contributed by atoms with Crippen molar-refractivity contribution in [2.75, 3.05) is 13.2 Å². The Kier molecular flexibility index (Phi) is 5.36. The van der Waals surface area contributed by atoms with Gasteiger partial charge in [0.1, 0.15) is 16.9 Å². The molecule has 0 bridgehead atoms. The van der Waals surface area contributed by atoms with E-state index in [9.17, 15) is 9.90 Å². The normalized spacial score (nSPS) is 17.0. The molecule has 2 heterocycles. The fourth-order valence-corrected chi connectivity index (χ4v) is 3.37. The fraction of sp³-hybridized carbons (Fsp3) is 0.304. The minimum atomic E-state index is -0.262. The first-order valence-corrected chi connectivity index (χ1v) is 9.78. The van der Waals surface area contributed by atoms with Crippen LogP contribution in [0.1, 0.15) is 34.3 Å².